The molecule has 23 heavy (non-hydrogen) atoms. The molecule has 1 saturated heterocycles. The van der Waals surface area contributed by atoms with Gasteiger partial charge < -0.3 is 15.0 Å². The summed E-state index contributed by atoms with van der Waals surface area (Å²) in [6.45, 7) is 8.02. The zero-order valence-corrected chi connectivity index (χ0v) is 14.3. The van der Waals surface area contributed by atoms with Gasteiger partial charge in [0.1, 0.15) is 5.60 Å². The summed E-state index contributed by atoms with van der Waals surface area (Å²) in [5, 5.41) is 3.42. The standard InChI is InChI=1S/C19H26N2O2/c1-5-15-8-6-10-17(12-15)20-13-16-9-7-11-21(14-16)18(22)23-19(2,3)4/h1,6,8,10,12,16,20H,7,9,11,13-14H2,2-4H3. The molecule has 1 fully saturated rings. The lowest BCUT2D eigenvalue weighted by Crippen LogP contribution is -2.44. The minimum atomic E-state index is -0.446. The molecule has 4 nitrogen and oxygen atoms in total. The second kappa shape index (κ2) is 7.41. The van der Waals surface area contributed by atoms with Crippen molar-refractivity contribution in [1.29, 1.82) is 0 Å². The highest BCUT2D eigenvalue weighted by atomic mass is 16.6. The van der Waals surface area contributed by atoms with Crippen LogP contribution in [0.25, 0.3) is 0 Å². The van der Waals surface area contributed by atoms with Gasteiger partial charge in [-0.25, -0.2) is 4.79 Å². The molecule has 1 N–H and O–H groups in total. The van der Waals surface area contributed by atoms with Crippen molar-refractivity contribution in [2.45, 2.75) is 39.2 Å². The molecule has 0 aliphatic carbocycles. The summed E-state index contributed by atoms with van der Waals surface area (Å²) in [7, 11) is 0. The van der Waals surface area contributed by atoms with Gasteiger partial charge in [-0.15, -0.1) is 6.42 Å². The van der Waals surface area contributed by atoms with Gasteiger partial charge in [0.25, 0.3) is 0 Å². The van der Waals surface area contributed by atoms with E-state index in [1.54, 1.807) is 0 Å². The zero-order valence-electron chi connectivity index (χ0n) is 14.3. The molecule has 1 aromatic carbocycles. The fourth-order valence-electron chi connectivity index (χ4n) is 2.71. The molecule has 1 aromatic rings. The number of terminal acetylenes is 1. The number of anilines is 1. The van der Waals surface area contributed by atoms with E-state index in [2.05, 4.69) is 11.2 Å². The predicted molar refractivity (Wildman–Crippen MR) is 93.4 cm³/mol. The number of nitrogens with zero attached hydrogens (tertiary/aromatic N) is 1. The van der Waals surface area contributed by atoms with Crippen LogP contribution in [-0.4, -0.2) is 36.2 Å². The fourth-order valence-corrected chi connectivity index (χ4v) is 2.71. The summed E-state index contributed by atoms with van der Waals surface area (Å²) < 4.78 is 5.46. The van der Waals surface area contributed by atoms with Gasteiger partial charge in [0, 0.05) is 30.9 Å². The Hall–Kier alpha value is -2.15. The molecule has 4 heteroatoms. The maximum atomic E-state index is 12.2. The molecule has 1 heterocycles. The first kappa shape index (κ1) is 17.2. The number of rotatable bonds is 3. The molecule has 0 spiro atoms. The first-order chi connectivity index (χ1) is 10.9. The average Bonchev–Trinajstić information content (AvgIpc) is 2.52. The van der Waals surface area contributed by atoms with Crippen LogP contribution in [0.4, 0.5) is 10.5 Å². The van der Waals surface area contributed by atoms with Crippen LogP contribution >= 0.6 is 0 Å². The highest BCUT2D eigenvalue weighted by molar-refractivity contribution is 5.68. The van der Waals surface area contributed by atoms with E-state index >= 15 is 0 Å². The van der Waals surface area contributed by atoms with Gasteiger partial charge in [0.05, 0.1) is 0 Å². The lowest BCUT2D eigenvalue weighted by molar-refractivity contribution is 0.0172. The van der Waals surface area contributed by atoms with Crippen molar-refractivity contribution in [3.8, 4) is 12.3 Å². The number of nitrogens with one attached hydrogen (secondary N) is 1. The molecule has 0 saturated carbocycles. The molecule has 0 radical (unpaired) electrons. The Morgan fingerprint density at radius 1 is 1.48 bits per heavy atom. The topological polar surface area (TPSA) is 41.6 Å². The van der Waals surface area contributed by atoms with Crippen LogP contribution in [0.5, 0.6) is 0 Å². The van der Waals surface area contributed by atoms with E-state index in [1.807, 2.05) is 49.9 Å². The molecule has 1 aliphatic heterocycles. The largest absolute Gasteiger partial charge is 0.444 e. The fraction of sp³-hybridized carbons (Fsp3) is 0.526. The Bertz CT molecular complexity index is 584. The molecule has 0 bridgehead atoms. The van der Waals surface area contributed by atoms with Gasteiger partial charge in [-0.2, -0.15) is 0 Å². The van der Waals surface area contributed by atoms with Gasteiger partial charge in [-0.1, -0.05) is 12.0 Å². The highest BCUT2D eigenvalue weighted by Crippen LogP contribution is 2.20. The summed E-state index contributed by atoms with van der Waals surface area (Å²) >= 11 is 0. The Morgan fingerprint density at radius 3 is 2.96 bits per heavy atom. The summed E-state index contributed by atoms with van der Waals surface area (Å²) in [6, 6.07) is 7.84. The molecular formula is C19H26N2O2. The van der Waals surface area contributed by atoms with E-state index in [9.17, 15) is 4.79 Å². The van der Waals surface area contributed by atoms with Gasteiger partial charge in [-0.05, 0) is 57.7 Å². The molecular weight excluding hydrogens is 288 g/mol. The third-order valence-corrected chi connectivity index (χ3v) is 3.79. The van der Waals surface area contributed by atoms with Crippen LogP contribution in [-0.2, 0) is 4.74 Å². The van der Waals surface area contributed by atoms with E-state index in [4.69, 9.17) is 11.2 Å². The number of carbonyl (C=O) groups is 1. The first-order valence-electron chi connectivity index (χ1n) is 8.16. The minimum absolute atomic E-state index is 0.212. The second-order valence-corrected chi connectivity index (χ2v) is 7.04. The van der Waals surface area contributed by atoms with E-state index in [0.717, 1.165) is 43.7 Å². The van der Waals surface area contributed by atoms with E-state index < -0.39 is 5.60 Å². The van der Waals surface area contributed by atoms with Crippen molar-refractivity contribution in [2.24, 2.45) is 5.92 Å². The molecule has 1 unspecified atom stereocenters. The van der Waals surface area contributed by atoms with E-state index in [0.29, 0.717) is 5.92 Å². The van der Waals surface area contributed by atoms with Crippen molar-refractivity contribution in [2.75, 3.05) is 25.0 Å². The second-order valence-electron chi connectivity index (χ2n) is 7.04. The van der Waals surface area contributed by atoms with Crippen LogP contribution < -0.4 is 5.32 Å². The van der Waals surface area contributed by atoms with Gasteiger partial charge in [0.15, 0.2) is 0 Å². The van der Waals surface area contributed by atoms with Crippen molar-refractivity contribution in [3.05, 3.63) is 29.8 Å². The average molecular weight is 314 g/mol. The van der Waals surface area contributed by atoms with Crippen LogP contribution in [0.2, 0.25) is 0 Å². The van der Waals surface area contributed by atoms with Gasteiger partial charge >= 0.3 is 6.09 Å². The number of hydrogen-bond donors (Lipinski definition) is 1. The molecule has 2 rings (SSSR count). The van der Waals surface area contributed by atoms with Gasteiger partial charge in [-0.3, -0.25) is 0 Å². The Labute approximate surface area is 139 Å². The molecule has 1 amide bonds. The van der Waals surface area contributed by atoms with Crippen molar-refractivity contribution < 1.29 is 9.53 Å². The van der Waals surface area contributed by atoms with Crippen LogP contribution in [0.3, 0.4) is 0 Å². The monoisotopic (exact) mass is 314 g/mol. The minimum Gasteiger partial charge on any atom is -0.444 e. The molecule has 124 valence electrons. The summed E-state index contributed by atoms with van der Waals surface area (Å²) in [5.74, 6) is 3.06. The van der Waals surface area contributed by atoms with E-state index in [-0.39, 0.29) is 6.09 Å². The van der Waals surface area contributed by atoms with Crippen LogP contribution in [0, 0.1) is 18.3 Å². The van der Waals surface area contributed by atoms with Crippen LogP contribution in [0.1, 0.15) is 39.2 Å². The SMILES string of the molecule is C#Cc1cccc(NCC2CCCN(C(=O)OC(C)(C)C)C2)c1. The van der Waals surface area contributed by atoms with Gasteiger partial charge in [0.2, 0.25) is 0 Å². The number of hydrogen-bond acceptors (Lipinski definition) is 3. The summed E-state index contributed by atoms with van der Waals surface area (Å²) in [5.41, 5.74) is 1.45. The number of amides is 1. The number of carbonyl (C=O) groups excluding carboxylic acids is 1. The number of piperidine rings is 1. The number of benzene rings is 1. The third-order valence-electron chi connectivity index (χ3n) is 3.79. The lowest BCUT2D eigenvalue weighted by atomic mass is 9.98. The van der Waals surface area contributed by atoms with Crippen molar-refractivity contribution in [3.63, 3.8) is 0 Å². The zero-order chi connectivity index (χ0) is 16.9. The quantitative estimate of drug-likeness (QED) is 0.864. The lowest BCUT2D eigenvalue weighted by Gasteiger charge is -2.34. The maximum Gasteiger partial charge on any atom is 0.410 e. The number of ether oxygens (including phenoxy) is 1. The smallest absolute Gasteiger partial charge is 0.410 e. The Balaban J connectivity index is 1.86. The number of likely N-dealkylation sites (tertiary alicyclic amines) is 1. The third kappa shape index (κ3) is 5.52. The normalized spacial score (nSPS) is 18.2. The highest BCUT2D eigenvalue weighted by Gasteiger charge is 2.27. The Kier molecular flexibility index (Phi) is 5.54. The summed E-state index contributed by atoms with van der Waals surface area (Å²) in [4.78, 5) is 14.0. The Morgan fingerprint density at radius 2 is 2.26 bits per heavy atom. The van der Waals surface area contributed by atoms with Crippen LogP contribution in [0.15, 0.2) is 24.3 Å². The van der Waals surface area contributed by atoms with Crippen molar-refractivity contribution >= 4 is 11.8 Å². The first-order valence-corrected chi connectivity index (χ1v) is 8.16. The van der Waals surface area contributed by atoms with Crippen molar-refractivity contribution in [1.82, 2.24) is 4.90 Å². The van der Waals surface area contributed by atoms with E-state index in [1.165, 1.54) is 0 Å². The molecule has 1 atom stereocenters. The molecule has 0 aromatic heterocycles. The molecule has 1 aliphatic rings. The summed E-state index contributed by atoms with van der Waals surface area (Å²) in [6.07, 6.45) is 7.33. The predicted octanol–water partition coefficient (Wildman–Crippen LogP) is 3.73. The maximum absolute atomic E-state index is 12.2.